The summed E-state index contributed by atoms with van der Waals surface area (Å²) in [5.41, 5.74) is 1.91. The lowest BCUT2D eigenvalue weighted by molar-refractivity contribution is -0.122. The Bertz CT molecular complexity index is 1060. The quantitative estimate of drug-likeness (QED) is 0.546. The van der Waals surface area contributed by atoms with Gasteiger partial charge in [0.15, 0.2) is 5.82 Å². The molecular formula is C21H17N3O3S. The predicted octanol–water partition coefficient (Wildman–Crippen LogP) is 3.47. The molecule has 1 amide bonds. The second-order valence-corrected chi connectivity index (χ2v) is 7.11. The van der Waals surface area contributed by atoms with Gasteiger partial charge in [-0.15, -0.1) is 11.3 Å². The molecule has 6 nitrogen and oxygen atoms in total. The average molecular weight is 391 g/mol. The van der Waals surface area contributed by atoms with Gasteiger partial charge in [-0.1, -0.05) is 71.9 Å². The lowest BCUT2D eigenvalue weighted by Gasteiger charge is -2.20. The van der Waals surface area contributed by atoms with Crippen LogP contribution in [0.5, 0.6) is 0 Å². The summed E-state index contributed by atoms with van der Waals surface area (Å²) in [5, 5.41) is 8.71. The van der Waals surface area contributed by atoms with E-state index in [4.69, 9.17) is 4.52 Å². The molecule has 0 atom stereocenters. The van der Waals surface area contributed by atoms with E-state index in [9.17, 15) is 9.59 Å². The Kier molecular flexibility index (Phi) is 5.16. The number of carbonyl (C=O) groups is 1. The van der Waals surface area contributed by atoms with Crippen molar-refractivity contribution in [3.8, 4) is 10.7 Å². The maximum atomic E-state index is 12.8. The van der Waals surface area contributed by atoms with Gasteiger partial charge in [0, 0.05) is 0 Å². The van der Waals surface area contributed by atoms with E-state index in [2.05, 4.69) is 10.5 Å². The highest BCUT2D eigenvalue weighted by Gasteiger charge is 2.20. The molecule has 0 radical (unpaired) electrons. The van der Waals surface area contributed by atoms with Crippen molar-refractivity contribution in [1.82, 2.24) is 15.0 Å². The van der Waals surface area contributed by atoms with Crippen LogP contribution >= 0.6 is 11.3 Å². The highest BCUT2D eigenvalue weighted by Crippen LogP contribution is 2.23. The highest BCUT2D eigenvalue weighted by atomic mass is 32.1. The Morgan fingerprint density at radius 2 is 1.64 bits per heavy atom. The molecule has 2 heterocycles. The number of rotatable bonds is 6. The number of hydrogen-bond acceptors (Lipinski definition) is 5. The van der Waals surface area contributed by atoms with E-state index >= 15 is 0 Å². The number of thiophene rings is 1. The lowest BCUT2D eigenvalue weighted by atomic mass is 9.99. The summed E-state index contributed by atoms with van der Waals surface area (Å²) in [6.07, 6.45) is 0. The summed E-state index contributed by atoms with van der Waals surface area (Å²) < 4.78 is 6.02. The fourth-order valence-electron chi connectivity index (χ4n) is 2.99. The standard InChI is InChI=1S/C21H17N3O3S/c25-18(14-24-20(23-27-21(24)26)17-12-7-13-28-17)22-19(15-8-3-1-4-9-15)16-10-5-2-6-11-16/h1-13,19H,14H2,(H,22,25). The molecule has 0 aliphatic heterocycles. The van der Waals surface area contributed by atoms with Gasteiger partial charge < -0.3 is 5.32 Å². The minimum Gasteiger partial charge on any atom is -0.344 e. The number of nitrogens with zero attached hydrogens (tertiary/aromatic N) is 2. The normalized spacial score (nSPS) is 10.9. The molecule has 0 saturated carbocycles. The van der Waals surface area contributed by atoms with Crippen molar-refractivity contribution in [2.75, 3.05) is 0 Å². The Hall–Kier alpha value is -3.45. The summed E-state index contributed by atoms with van der Waals surface area (Å²) in [6.45, 7) is -0.175. The van der Waals surface area contributed by atoms with Crippen molar-refractivity contribution in [3.05, 3.63) is 99.9 Å². The fraction of sp³-hybridized carbons (Fsp3) is 0.0952. The smallest absolute Gasteiger partial charge is 0.344 e. The van der Waals surface area contributed by atoms with Crippen LogP contribution in [0, 0.1) is 0 Å². The second-order valence-electron chi connectivity index (χ2n) is 6.16. The van der Waals surface area contributed by atoms with Crippen LogP contribution in [0.1, 0.15) is 17.2 Å². The van der Waals surface area contributed by atoms with Gasteiger partial charge in [-0.05, 0) is 22.6 Å². The average Bonchev–Trinajstić information content (AvgIpc) is 3.38. The number of carbonyl (C=O) groups excluding carboxylic acids is 1. The van der Waals surface area contributed by atoms with E-state index in [1.54, 1.807) is 0 Å². The molecule has 0 saturated heterocycles. The summed E-state index contributed by atoms with van der Waals surface area (Å²) in [7, 11) is 0. The second kappa shape index (κ2) is 8.06. The highest BCUT2D eigenvalue weighted by molar-refractivity contribution is 7.13. The first-order valence-corrected chi connectivity index (χ1v) is 9.60. The number of benzene rings is 2. The predicted molar refractivity (Wildman–Crippen MR) is 107 cm³/mol. The molecule has 140 valence electrons. The summed E-state index contributed by atoms with van der Waals surface area (Å²) in [6, 6.07) is 22.8. The molecule has 0 spiro atoms. The minimum absolute atomic E-state index is 0.175. The van der Waals surface area contributed by atoms with Gasteiger partial charge in [-0.25, -0.2) is 9.36 Å². The summed E-state index contributed by atoms with van der Waals surface area (Å²) in [4.78, 5) is 25.6. The molecule has 0 fully saturated rings. The van der Waals surface area contributed by atoms with Gasteiger partial charge in [0.1, 0.15) is 6.54 Å². The Morgan fingerprint density at radius 3 is 2.21 bits per heavy atom. The molecule has 0 bridgehead atoms. The number of hydrogen-bond donors (Lipinski definition) is 1. The summed E-state index contributed by atoms with van der Waals surface area (Å²) >= 11 is 1.42. The third kappa shape index (κ3) is 3.79. The van der Waals surface area contributed by atoms with Crippen LogP contribution in [0.25, 0.3) is 10.7 Å². The molecule has 1 N–H and O–H groups in total. The van der Waals surface area contributed by atoms with Gasteiger partial charge in [-0.3, -0.25) is 9.32 Å². The van der Waals surface area contributed by atoms with Crippen molar-refractivity contribution in [3.63, 3.8) is 0 Å². The van der Waals surface area contributed by atoms with Crippen LogP contribution < -0.4 is 11.1 Å². The lowest BCUT2D eigenvalue weighted by Crippen LogP contribution is -2.34. The van der Waals surface area contributed by atoms with E-state index < -0.39 is 5.76 Å². The molecule has 4 aromatic rings. The summed E-state index contributed by atoms with van der Waals surface area (Å²) in [5.74, 6) is -0.610. The zero-order chi connectivity index (χ0) is 19.3. The van der Waals surface area contributed by atoms with Crippen LogP contribution in [0.2, 0.25) is 0 Å². The Balaban J connectivity index is 1.60. The van der Waals surface area contributed by atoms with Crippen LogP contribution in [-0.4, -0.2) is 15.6 Å². The van der Waals surface area contributed by atoms with E-state index in [1.165, 1.54) is 15.9 Å². The maximum Gasteiger partial charge on any atom is 0.442 e. The van der Waals surface area contributed by atoms with E-state index in [0.717, 1.165) is 16.0 Å². The van der Waals surface area contributed by atoms with Crippen LogP contribution in [-0.2, 0) is 11.3 Å². The largest absolute Gasteiger partial charge is 0.442 e. The molecule has 2 aromatic heterocycles. The number of nitrogens with one attached hydrogen (secondary N) is 1. The number of aromatic nitrogens is 2. The Morgan fingerprint density at radius 1 is 1.00 bits per heavy atom. The van der Waals surface area contributed by atoms with Crippen LogP contribution in [0.15, 0.2) is 87.5 Å². The molecular weight excluding hydrogens is 374 g/mol. The van der Waals surface area contributed by atoms with E-state index in [1.807, 2.05) is 78.2 Å². The van der Waals surface area contributed by atoms with Crippen molar-refractivity contribution in [1.29, 1.82) is 0 Å². The molecule has 0 unspecified atom stereocenters. The van der Waals surface area contributed by atoms with Gasteiger partial charge in [0.05, 0.1) is 10.9 Å². The monoisotopic (exact) mass is 391 g/mol. The van der Waals surface area contributed by atoms with Crippen molar-refractivity contribution in [2.45, 2.75) is 12.6 Å². The van der Waals surface area contributed by atoms with Gasteiger partial charge >= 0.3 is 5.76 Å². The first kappa shape index (κ1) is 17.9. The first-order valence-electron chi connectivity index (χ1n) is 8.72. The van der Waals surface area contributed by atoms with Crippen LogP contribution in [0.4, 0.5) is 0 Å². The van der Waals surface area contributed by atoms with E-state index in [-0.39, 0.29) is 18.5 Å². The van der Waals surface area contributed by atoms with Gasteiger partial charge in [0.25, 0.3) is 0 Å². The third-order valence-corrected chi connectivity index (χ3v) is 5.17. The molecule has 28 heavy (non-hydrogen) atoms. The van der Waals surface area contributed by atoms with Crippen molar-refractivity contribution in [2.24, 2.45) is 0 Å². The van der Waals surface area contributed by atoms with Crippen LogP contribution in [0.3, 0.4) is 0 Å². The Labute approximate surface area is 165 Å². The fourth-order valence-corrected chi connectivity index (χ4v) is 3.70. The van der Waals surface area contributed by atoms with Gasteiger partial charge in [0.2, 0.25) is 5.91 Å². The number of amides is 1. The van der Waals surface area contributed by atoms with Gasteiger partial charge in [-0.2, -0.15) is 0 Å². The SMILES string of the molecule is O=C(Cn1c(-c2cccs2)noc1=O)NC(c1ccccc1)c1ccccc1. The van der Waals surface area contributed by atoms with Crippen molar-refractivity contribution < 1.29 is 9.32 Å². The topological polar surface area (TPSA) is 77.1 Å². The molecule has 7 heteroatoms. The molecule has 0 aliphatic carbocycles. The zero-order valence-electron chi connectivity index (χ0n) is 14.8. The maximum absolute atomic E-state index is 12.8. The molecule has 4 rings (SSSR count). The first-order chi connectivity index (χ1) is 13.7. The molecule has 2 aromatic carbocycles. The van der Waals surface area contributed by atoms with E-state index in [0.29, 0.717) is 5.82 Å². The third-order valence-electron chi connectivity index (χ3n) is 4.30. The minimum atomic E-state index is -0.658. The van der Waals surface area contributed by atoms with Crippen molar-refractivity contribution >= 4 is 17.2 Å². The molecule has 0 aliphatic rings. The zero-order valence-corrected chi connectivity index (χ0v) is 15.6.